The first-order valence-electron chi connectivity index (χ1n) is 10.6. The van der Waals surface area contributed by atoms with Crippen LogP contribution in [-0.4, -0.2) is 46.6 Å². The lowest BCUT2D eigenvalue weighted by Gasteiger charge is -2.22. The van der Waals surface area contributed by atoms with E-state index in [1.807, 2.05) is 18.2 Å². The van der Waals surface area contributed by atoms with Crippen LogP contribution in [0.4, 0.5) is 0 Å². The molecule has 7 nitrogen and oxygen atoms in total. The lowest BCUT2D eigenvalue weighted by Crippen LogP contribution is -2.12. The zero-order valence-electron chi connectivity index (χ0n) is 20.3. The number of carbonyl (C=O) groups excluding carboxylic acids is 1. The maximum atomic E-state index is 8.95. The predicted octanol–water partition coefficient (Wildman–Crippen LogP) is 4.82. The Morgan fingerprint density at radius 1 is 0.879 bits per heavy atom. The molecule has 2 aromatic carbocycles. The van der Waals surface area contributed by atoms with E-state index in [0.29, 0.717) is 23.7 Å². The van der Waals surface area contributed by atoms with E-state index in [-0.39, 0.29) is 0 Å². The first-order valence-corrected chi connectivity index (χ1v) is 10.6. The van der Waals surface area contributed by atoms with Gasteiger partial charge in [0.2, 0.25) is 5.75 Å². The second-order valence-corrected chi connectivity index (χ2v) is 7.60. The molecule has 7 heteroatoms. The third kappa shape index (κ3) is 4.35. The van der Waals surface area contributed by atoms with Crippen molar-refractivity contribution in [2.75, 3.05) is 35.5 Å². The highest BCUT2D eigenvalue weighted by Crippen LogP contribution is 2.46. The molecule has 33 heavy (non-hydrogen) atoms. The zero-order valence-corrected chi connectivity index (χ0v) is 20.3. The molecule has 0 spiro atoms. The van der Waals surface area contributed by atoms with Crippen molar-refractivity contribution in [3.63, 3.8) is 0 Å². The molecular weight excluding hydrogens is 422 g/mol. The third-order valence-electron chi connectivity index (χ3n) is 5.99. The van der Waals surface area contributed by atoms with Gasteiger partial charge in [0.15, 0.2) is 11.5 Å². The summed E-state index contributed by atoms with van der Waals surface area (Å²) in [5, 5.41) is 0. The number of fused-ring (bicyclic) bond motifs is 3. The van der Waals surface area contributed by atoms with Gasteiger partial charge in [0.1, 0.15) is 5.75 Å². The second kappa shape index (κ2) is 10.3. The largest absolute Gasteiger partial charge is 0.497 e. The minimum absolute atomic E-state index is 0.375. The van der Waals surface area contributed by atoms with E-state index >= 15 is 0 Å². The van der Waals surface area contributed by atoms with E-state index in [4.69, 9.17) is 23.7 Å². The van der Waals surface area contributed by atoms with Gasteiger partial charge in [0, 0.05) is 23.4 Å². The number of nitrogens with zero attached hydrogens (tertiary/aromatic N) is 1. The van der Waals surface area contributed by atoms with Gasteiger partial charge in [-0.1, -0.05) is 0 Å². The van der Waals surface area contributed by atoms with Crippen molar-refractivity contribution in [1.29, 1.82) is 0 Å². The molecule has 1 aromatic heterocycles. The van der Waals surface area contributed by atoms with Crippen molar-refractivity contribution in [3.8, 4) is 45.4 Å². The summed E-state index contributed by atoms with van der Waals surface area (Å²) in [6.45, 7) is 5.70. The first kappa shape index (κ1) is 24.0. The molecule has 0 saturated heterocycles. The van der Waals surface area contributed by atoms with Gasteiger partial charge >= 0.3 is 0 Å². The van der Waals surface area contributed by atoms with E-state index < -0.39 is 0 Å². The topological polar surface area (TPSA) is 68.2 Å². The van der Waals surface area contributed by atoms with Crippen molar-refractivity contribution in [2.24, 2.45) is 0 Å². The minimum atomic E-state index is 0.375. The van der Waals surface area contributed by atoms with Gasteiger partial charge in [0.05, 0.1) is 41.2 Å². The van der Waals surface area contributed by atoms with Crippen LogP contribution in [0.5, 0.6) is 23.0 Å². The SMILES string of the molecule is COC=O.COc1ccc2c(c1)CCn1c(C)c(-c3cc(OC)c(OC)c(OC)c3)c(C)c1-2. The fourth-order valence-corrected chi connectivity index (χ4v) is 4.54. The molecule has 0 amide bonds. The highest BCUT2D eigenvalue weighted by molar-refractivity contribution is 5.84. The van der Waals surface area contributed by atoms with Crippen molar-refractivity contribution < 1.29 is 28.5 Å². The number of hydrogen-bond donors (Lipinski definition) is 0. The number of aromatic nitrogens is 1. The molecule has 0 unspecified atom stereocenters. The summed E-state index contributed by atoms with van der Waals surface area (Å²) in [5.74, 6) is 2.84. The number of aryl methyl sites for hydroxylation is 1. The molecule has 0 aliphatic carbocycles. The van der Waals surface area contributed by atoms with Gasteiger partial charge in [0.25, 0.3) is 6.47 Å². The third-order valence-corrected chi connectivity index (χ3v) is 5.99. The van der Waals surface area contributed by atoms with Crippen LogP contribution < -0.4 is 18.9 Å². The molecule has 0 saturated carbocycles. The monoisotopic (exact) mass is 453 g/mol. The first-order chi connectivity index (χ1) is 15.9. The van der Waals surface area contributed by atoms with Crippen molar-refractivity contribution in [1.82, 2.24) is 4.57 Å². The maximum Gasteiger partial charge on any atom is 0.292 e. The summed E-state index contributed by atoms with van der Waals surface area (Å²) in [6, 6.07) is 10.4. The highest BCUT2D eigenvalue weighted by atomic mass is 16.5. The van der Waals surface area contributed by atoms with Gasteiger partial charge in [-0.25, -0.2) is 0 Å². The average Bonchev–Trinajstić information content (AvgIpc) is 3.12. The number of methoxy groups -OCH3 is 5. The number of rotatable bonds is 6. The fraction of sp³-hybridized carbons (Fsp3) is 0.346. The lowest BCUT2D eigenvalue weighted by atomic mass is 9.94. The Morgan fingerprint density at radius 2 is 1.52 bits per heavy atom. The molecule has 0 radical (unpaired) electrons. The molecule has 1 aliphatic heterocycles. The van der Waals surface area contributed by atoms with E-state index in [0.717, 1.165) is 24.3 Å². The summed E-state index contributed by atoms with van der Waals surface area (Å²) < 4.78 is 28.4. The second-order valence-electron chi connectivity index (χ2n) is 7.60. The lowest BCUT2D eigenvalue weighted by molar-refractivity contribution is -0.126. The molecule has 0 atom stereocenters. The summed E-state index contributed by atoms with van der Waals surface area (Å²) in [5.41, 5.74) is 8.64. The van der Waals surface area contributed by atoms with Gasteiger partial charge < -0.3 is 28.3 Å². The van der Waals surface area contributed by atoms with Crippen molar-refractivity contribution in [2.45, 2.75) is 26.8 Å². The molecule has 4 rings (SSSR count). The van der Waals surface area contributed by atoms with Crippen molar-refractivity contribution in [3.05, 3.63) is 47.2 Å². The number of ether oxygens (including phenoxy) is 5. The van der Waals surface area contributed by atoms with Gasteiger partial charge in [-0.3, -0.25) is 4.79 Å². The molecule has 0 N–H and O–H groups in total. The fourth-order valence-electron chi connectivity index (χ4n) is 4.54. The zero-order chi connectivity index (χ0) is 24.1. The smallest absolute Gasteiger partial charge is 0.292 e. The Kier molecular flexibility index (Phi) is 7.53. The Bertz CT molecular complexity index is 1120. The Hall–Kier alpha value is -3.61. The summed E-state index contributed by atoms with van der Waals surface area (Å²) in [7, 11) is 7.95. The van der Waals surface area contributed by atoms with E-state index in [2.05, 4.69) is 35.3 Å². The van der Waals surface area contributed by atoms with Gasteiger partial charge in [-0.05, 0) is 67.3 Å². The van der Waals surface area contributed by atoms with Crippen LogP contribution in [0.25, 0.3) is 22.4 Å². The Balaban J connectivity index is 0.000000709. The van der Waals surface area contributed by atoms with Crippen LogP contribution in [0.3, 0.4) is 0 Å². The van der Waals surface area contributed by atoms with Crippen molar-refractivity contribution >= 4 is 6.47 Å². The predicted molar refractivity (Wildman–Crippen MR) is 128 cm³/mol. The van der Waals surface area contributed by atoms with E-state index in [9.17, 15) is 0 Å². The van der Waals surface area contributed by atoms with Crippen LogP contribution in [0.15, 0.2) is 30.3 Å². The van der Waals surface area contributed by atoms with Gasteiger partial charge in [-0.15, -0.1) is 0 Å². The number of hydrogen-bond acceptors (Lipinski definition) is 6. The quantitative estimate of drug-likeness (QED) is 0.499. The molecule has 1 aliphatic rings. The average molecular weight is 454 g/mol. The normalized spacial score (nSPS) is 11.4. The standard InChI is InChI=1S/C24H27NO4.C2H4O2/c1-14-22(17-12-20(27-4)24(29-6)21(13-17)28-5)15(2)25-10-9-16-11-18(26-3)7-8-19(16)23(14)25;1-4-2-3/h7-8,11-13H,9-10H2,1-6H3;2H,1H3. The molecule has 0 bridgehead atoms. The number of benzene rings is 2. The highest BCUT2D eigenvalue weighted by Gasteiger charge is 2.26. The van der Waals surface area contributed by atoms with Crippen LogP contribution >= 0.6 is 0 Å². The van der Waals surface area contributed by atoms with Crippen LogP contribution in [0.1, 0.15) is 16.8 Å². The maximum absolute atomic E-state index is 8.95. The van der Waals surface area contributed by atoms with E-state index in [1.54, 1.807) is 28.4 Å². The van der Waals surface area contributed by atoms with Crippen LogP contribution in [0.2, 0.25) is 0 Å². The summed E-state index contributed by atoms with van der Waals surface area (Å²) >= 11 is 0. The molecule has 3 aromatic rings. The molecule has 176 valence electrons. The summed E-state index contributed by atoms with van der Waals surface area (Å²) in [6.07, 6.45) is 0.989. The summed E-state index contributed by atoms with van der Waals surface area (Å²) in [4.78, 5) is 8.95. The van der Waals surface area contributed by atoms with Gasteiger partial charge in [-0.2, -0.15) is 0 Å². The Labute approximate surface area is 194 Å². The molecule has 2 heterocycles. The van der Waals surface area contributed by atoms with Crippen LogP contribution in [-0.2, 0) is 22.5 Å². The number of carbonyl (C=O) groups is 1. The van der Waals surface area contributed by atoms with E-state index in [1.165, 1.54) is 40.8 Å². The Morgan fingerprint density at radius 3 is 2.03 bits per heavy atom. The molecular formula is C26H31NO6. The minimum Gasteiger partial charge on any atom is -0.497 e. The molecule has 0 fully saturated rings. The van der Waals surface area contributed by atoms with Crippen LogP contribution in [0, 0.1) is 13.8 Å².